The molecule has 10 atom stereocenters. The molecule has 4 aliphatic rings. The van der Waals surface area contributed by atoms with Gasteiger partial charge in [0.1, 0.15) is 12.2 Å². The summed E-state index contributed by atoms with van der Waals surface area (Å²) in [5.74, 6) is -4.10. The van der Waals surface area contributed by atoms with E-state index in [0.717, 1.165) is 0 Å². The van der Waals surface area contributed by atoms with Crippen LogP contribution in [0.25, 0.3) is 0 Å². The van der Waals surface area contributed by atoms with Crippen LogP contribution in [0.1, 0.15) is 60.8 Å². The highest BCUT2D eigenvalue weighted by atomic mass is 16.6. The summed E-state index contributed by atoms with van der Waals surface area (Å²) in [5, 5.41) is 22.4. The third-order valence-corrected chi connectivity index (χ3v) is 9.39. The predicted octanol–water partition coefficient (Wildman–Crippen LogP) is 1.72. The molecule has 9 heteroatoms. The van der Waals surface area contributed by atoms with Gasteiger partial charge >= 0.3 is 17.9 Å². The molecule has 4 fully saturated rings. The number of esters is 3. The minimum Gasteiger partial charge on any atom is -0.462 e. The molecule has 0 radical (unpaired) electrons. The number of aliphatic hydroxyl groups is 2. The van der Waals surface area contributed by atoms with Gasteiger partial charge in [-0.3, -0.25) is 19.2 Å². The van der Waals surface area contributed by atoms with E-state index >= 15 is 0 Å². The Labute approximate surface area is 205 Å². The van der Waals surface area contributed by atoms with E-state index in [0.29, 0.717) is 18.4 Å². The van der Waals surface area contributed by atoms with Crippen molar-refractivity contribution >= 4 is 23.7 Å². The van der Waals surface area contributed by atoms with Gasteiger partial charge in [-0.15, -0.1) is 0 Å². The molecule has 2 bridgehead atoms. The molecule has 4 rings (SSSR count). The normalized spacial score (nSPS) is 45.7. The molecule has 0 heterocycles. The van der Waals surface area contributed by atoms with Crippen molar-refractivity contribution in [2.24, 2.45) is 34.0 Å². The summed E-state index contributed by atoms with van der Waals surface area (Å²) in [5.41, 5.74) is -2.85. The summed E-state index contributed by atoms with van der Waals surface area (Å²) in [4.78, 5) is 51.1. The number of hydrogen-bond acceptors (Lipinski definition) is 9. The van der Waals surface area contributed by atoms with Gasteiger partial charge in [-0.05, 0) is 24.3 Å². The fraction of sp³-hybridized carbons (Fsp3) is 0.769. The molecule has 0 unspecified atom stereocenters. The van der Waals surface area contributed by atoms with Crippen LogP contribution in [0.2, 0.25) is 0 Å². The number of carbonyl (C=O) groups is 4. The van der Waals surface area contributed by atoms with E-state index < -0.39 is 82.3 Å². The zero-order chi connectivity index (χ0) is 26.2. The van der Waals surface area contributed by atoms with Gasteiger partial charge in [-0.25, -0.2) is 0 Å². The first-order valence-electron chi connectivity index (χ1n) is 12.2. The third kappa shape index (κ3) is 3.41. The molecule has 0 saturated heterocycles. The Morgan fingerprint density at radius 1 is 0.886 bits per heavy atom. The van der Waals surface area contributed by atoms with E-state index in [1.165, 1.54) is 20.8 Å². The van der Waals surface area contributed by atoms with Gasteiger partial charge < -0.3 is 24.4 Å². The van der Waals surface area contributed by atoms with Crippen LogP contribution in [-0.2, 0) is 33.4 Å². The van der Waals surface area contributed by atoms with Crippen molar-refractivity contribution < 1.29 is 43.6 Å². The van der Waals surface area contributed by atoms with Gasteiger partial charge in [0.15, 0.2) is 11.9 Å². The van der Waals surface area contributed by atoms with Gasteiger partial charge in [0, 0.05) is 49.9 Å². The predicted molar refractivity (Wildman–Crippen MR) is 121 cm³/mol. The van der Waals surface area contributed by atoms with E-state index in [-0.39, 0.29) is 12.3 Å². The van der Waals surface area contributed by atoms with Crippen molar-refractivity contribution in [2.75, 3.05) is 0 Å². The Hall–Kier alpha value is -2.26. The molecule has 194 valence electrons. The number of rotatable bonds is 3. The molecule has 0 aliphatic heterocycles. The van der Waals surface area contributed by atoms with Crippen molar-refractivity contribution in [2.45, 2.75) is 91.3 Å². The second-order valence-corrected chi connectivity index (χ2v) is 11.7. The third-order valence-electron chi connectivity index (χ3n) is 9.39. The molecule has 4 aliphatic carbocycles. The van der Waals surface area contributed by atoms with Crippen LogP contribution in [0.3, 0.4) is 0 Å². The average Bonchev–Trinajstić information content (AvgIpc) is 2.91. The topological polar surface area (TPSA) is 136 Å². The molecule has 0 amide bonds. The highest BCUT2D eigenvalue weighted by Gasteiger charge is 2.79. The molecule has 0 aromatic heterocycles. The van der Waals surface area contributed by atoms with E-state index in [2.05, 4.69) is 6.58 Å². The summed E-state index contributed by atoms with van der Waals surface area (Å²) in [6, 6.07) is 0. The molecule has 0 aromatic rings. The SMILES string of the molecule is C=C1[C@@H]2C[C@H](OC(C)=O)[C@H]3[C@@]4(C)[C@H](C(=O)[C@@H](OC(C)=O)[C@]3(C2)[C@@H]1OC(C)=O)C(C)(C)[C@@H](O)C[C@@H]4O. The van der Waals surface area contributed by atoms with Crippen LogP contribution in [0.4, 0.5) is 0 Å². The quantitative estimate of drug-likeness (QED) is 0.343. The number of ketones is 1. The summed E-state index contributed by atoms with van der Waals surface area (Å²) in [6.45, 7) is 13.3. The number of ether oxygens (including phenoxy) is 3. The minimum atomic E-state index is -1.33. The molecular formula is C26H36O9. The zero-order valence-electron chi connectivity index (χ0n) is 21.2. The first-order valence-corrected chi connectivity index (χ1v) is 12.2. The Morgan fingerprint density at radius 2 is 1.43 bits per heavy atom. The van der Waals surface area contributed by atoms with Crippen LogP contribution in [0.5, 0.6) is 0 Å². The average molecular weight is 493 g/mol. The highest BCUT2D eigenvalue weighted by molar-refractivity contribution is 5.91. The molecular weight excluding hydrogens is 456 g/mol. The smallest absolute Gasteiger partial charge is 0.303 e. The summed E-state index contributed by atoms with van der Waals surface area (Å²) >= 11 is 0. The monoisotopic (exact) mass is 492 g/mol. The lowest BCUT2D eigenvalue weighted by atomic mass is 9.38. The van der Waals surface area contributed by atoms with Crippen LogP contribution >= 0.6 is 0 Å². The standard InChI is InChI=1S/C26H36O9/c1-11-15-8-16(33-12(2)27)20-25(7)18(31)9-17(30)24(5,6)21(25)19(32)23(35-14(4)29)26(20,10-15)22(11)34-13(3)28/h15-18,20-23,30-31H,1,8-10H2,2-7H3/t15-,16+,17+,18+,20+,21-,22-,23-,25+,26+/m1/s1. The Kier molecular flexibility index (Phi) is 6.00. The Morgan fingerprint density at radius 3 is 1.97 bits per heavy atom. The lowest BCUT2D eigenvalue weighted by molar-refractivity contribution is -0.275. The summed E-state index contributed by atoms with van der Waals surface area (Å²) in [6.07, 6.45) is -4.43. The lowest BCUT2D eigenvalue weighted by Crippen LogP contribution is -2.76. The Balaban J connectivity index is 2.04. The number of fused-ring (bicyclic) bond motifs is 3. The summed E-state index contributed by atoms with van der Waals surface area (Å²) in [7, 11) is 0. The van der Waals surface area contributed by atoms with Crippen LogP contribution < -0.4 is 0 Å². The maximum absolute atomic E-state index is 14.3. The van der Waals surface area contributed by atoms with Crippen molar-refractivity contribution in [1.82, 2.24) is 0 Å². The summed E-state index contributed by atoms with van der Waals surface area (Å²) < 4.78 is 17.4. The number of hydrogen-bond donors (Lipinski definition) is 2. The molecule has 35 heavy (non-hydrogen) atoms. The van der Waals surface area contributed by atoms with Crippen molar-refractivity contribution in [3.05, 3.63) is 12.2 Å². The largest absolute Gasteiger partial charge is 0.462 e. The number of aliphatic hydroxyl groups excluding tert-OH is 2. The van der Waals surface area contributed by atoms with Crippen molar-refractivity contribution in [3.63, 3.8) is 0 Å². The minimum absolute atomic E-state index is 0.0213. The van der Waals surface area contributed by atoms with Crippen molar-refractivity contribution in [1.29, 1.82) is 0 Å². The Bertz CT molecular complexity index is 985. The van der Waals surface area contributed by atoms with E-state index in [4.69, 9.17) is 14.2 Å². The van der Waals surface area contributed by atoms with Gasteiger partial charge in [-0.1, -0.05) is 27.4 Å². The number of carbonyl (C=O) groups excluding carboxylic acids is 4. The van der Waals surface area contributed by atoms with Gasteiger partial charge in [0.25, 0.3) is 0 Å². The van der Waals surface area contributed by atoms with Gasteiger partial charge in [0.05, 0.1) is 17.6 Å². The molecule has 4 saturated carbocycles. The molecule has 9 nitrogen and oxygen atoms in total. The number of Topliss-reactive ketones (excluding diaryl/α,β-unsaturated/α-hetero) is 1. The molecule has 2 N–H and O–H groups in total. The van der Waals surface area contributed by atoms with Crippen molar-refractivity contribution in [3.8, 4) is 0 Å². The lowest BCUT2D eigenvalue weighted by Gasteiger charge is -2.67. The fourth-order valence-corrected chi connectivity index (χ4v) is 8.34. The fourth-order valence-electron chi connectivity index (χ4n) is 8.34. The van der Waals surface area contributed by atoms with Crippen LogP contribution in [0.15, 0.2) is 12.2 Å². The van der Waals surface area contributed by atoms with Crippen LogP contribution in [0, 0.1) is 34.0 Å². The van der Waals surface area contributed by atoms with E-state index in [9.17, 15) is 29.4 Å². The van der Waals surface area contributed by atoms with Gasteiger partial charge in [0.2, 0.25) is 0 Å². The maximum Gasteiger partial charge on any atom is 0.303 e. The van der Waals surface area contributed by atoms with Crippen LogP contribution in [-0.4, -0.2) is 64.4 Å². The van der Waals surface area contributed by atoms with Gasteiger partial charge in [-0.2, -0.15) is 0 Å². The highest BCUT2D eigenvalue weighted by Crippen LogP contribution is 2.72. The molecule has 0 aromatic carbocycles. The molecule has 1 spiro atoms. The first kappa shape index (κ1) is 25.8. The zero-order valence-corrected chi connectivity index (χ0v) is 21.2. The van der Waals surface area contributed by atoms with E-state index in [1.807, 2.05) is 0 Å². The van der Waals surface area contributed by atoms with E-state index in [1.54, 1.807) is 20.8 Å². The first-order chi connectivity index (χ1) is 16.1. The maximum atomic E-state index is 14.3. The second kappa shape index (κ2) is 8.13. The second-order valence-electron chi connectivity index (χ2n) is 11.7.